The predicted molar refractivity (Wildman–Crippen MR) is 78.4 cm³/mol. The van der Waals surface area contributed by atoms with E-state index in [2.05, 4.69) is 18.2 Å². The average molecular weight is 282 g/mol. The maximum atomic E-state index is 10.3. The summed E-state index contributed by atoms with van der Waals surface area (Å²) in [4.78, 5) is 0. The molecule has 1 spiro atoms. The second-order valence-corrected chi connectivity index (χ2v) is 6.61. The van der Waals surface area contributed by atoms with Crippen LogP contribution in [0.3, 0.4) is 0 Å². The Labute approximate surface area is 123 Å². The molecule has 1 N–H and O–H groups in total. The largest absolute Gasteiger partial charge is 0.504 e. The van der Waals surface area contributed by atoms with Crippen LogP contribution in [0.4, 0.5) is 0 Å². The first-order valence-corrected chi connectivity index (χ1v) is 7.74. The van der Waals surface area contributed by atoms with Crippen LogP contribution in [0.5, 0.6) is 11.5 Å². The standard InChI is InChI=1S/C18H18O3/c1-20-14-7-5-12-10-3-2-8-18(12)15-11(9-10)4-6-13(19)16(15)21-17(14)18/h4-7,10,17,19H,2-3,8-9H2,1H3/t10-,17+,18?/m1/s1. The molecular formula is C18H18O3. The first kappa shape index (κ1) is 11.7. The summed E-state index contributed by atoms with van der Waals surface area (Å²) < 4.78 is 11.8. The van der Waals surface area contributed by atoms with Crippen LogP contribution in [0.15, 0.2) is 35.6 Å². The fourth-order valence-corrected chi connectivity index (χ4v) is 5.08. The summed E-state index contributed by atoms with van der Waals surface area (Å²) in [6.07, 6.45) is 8.84. The Bertz CT molecular complexity index is 715. The first-order chi connectivity index (χ1) is 10.3. The van der Waals surface area contributed by atoms with Gasteiger partial charge in [0.2, 0.25) is 0 Å². The number of hydrogen-bond acceptors (Lipinski definition) is 3. The lowest BCUT2D eigenvalue weighted by molar-refractivity contribution is 0.0948. The number of phenols is 1. The average Bonchev–Trinajstić information content (AvgIpc) is 2.83. The summed E-state index contributed by atoms with van der Waals surface area (Å²) in [6.45, 7) is 0. The highest BCUT2D eigenvalue weighted by Crippen LogP contribution is 2.64. The van der Waals surface area contributed by atoms with Crippen molar-refractivity contribution in [3.63, 3.8) is 0 Å². The van der Waals surface area contributed by atoms with Crippen LogP contribution in [0.2, 0.25) is 0 Å². The van der Waals surface area contributed by atoms with Gasteiger partial charge in [0.15, 0.2) is 17.6 Å². The van der Waals surface area contributed by atoms with E-state index in [9.17, 15) is 5.11 Å². The molecule has 3 nitrogen and oxygen atoms in total. The van der Waals surface area contributed by atoms with Gasteiger partial charge in [-0.3, -0.25) is 0 Å². The smallest absolute Gasteiger partial charge is 0.169 e. The van der Waals surface area contributed by atoms with E-state index in [0.29, 0.717) is 11.7 Å². The topological polar surface area (TPSA) is 38.7 Å². The summed E-state index contributed by atoms with van der Waals surface area (Å²) in [7, 11) is 1.71. The van der Waals surface area contributed by atoms with Gasteiger partial charge in [0.25, 0.3) is 0 Å². The molecule has 3 atom stereocenters. The fraction of sp³-hybridized carbons (Fsp3) is 0.444. The highest BCUT2D eigenvalue weighted by atomic mass is 16.5. The van der Waals surface area contributed by atoms with Gasteiger partial charge < -0.3 is 14.6 Å². The summed E-state index contributed by atoms with van der Waals surface area (Å²) in [6, 6.07) is 3.87. The lowest BCUT2D eigenvalue weighted by Crippen LogP contribution is -2.50. The molecule has 108 valence electrons. The van der Waals surface area contributed by atoms with Gasteiger partial charge in [-0.05, 0) is 42.9 Å². The Morgan fingerprint density at radius 3 is 3.10 bits per heavy atom. The normalized spacial score (nSPS) is 34.5. The Morgan fingerprint density at radius 1 is 1.33 bits per heavy atom. The number of aromatic hydroxyl groups is 1. The van der Waals surface area contributed by atoms with E-state index in [1.54, 1.807) is 13.2 Å². The van der Waals surface area contributed by atoms with Gasteiger partial charge in [0, 0.05) is 5.56 Å². The van der Waals surface area contributed by atoms with Crippen LogP contribution in [-0.2, 0) is 16.6 Å². The summed E-state index contributed by atoms with van der Waals surface area (Å²) in [5, 5.41) is 10.3. The molecule has 21 heavy (non-hydrogen) atoms. The van der Waals surface area contributed by atoms with Crippen LogP contribution in [0, 0.1) is 5.92 Å². The minimum absolute atomic E-state index is 0.0926. The van der Waals surface area contributed by atoms with Crippen molar-refractivity contribution in [3.05, 3.63) is 46.7 Å². The maximum Gasteiger partial charge on any atom is 0.169 e. The molecule has 0 radical (unpaired) electrons. The van der Waals surface area contributed by atoms with Crippen LogP contribution in [0.1, 0.15) is 30.4 Å². The summed E-state index contributed by atoms with van der Waals surface area (Å²) in [5.74, 6) is 2.44. The zero-order valence-corrected chi connectivity index (χ0v) is 12.1. The van der Waals surface area contributed by atoms with Crippen molar-refractivity contribution < 1.29 is 14.6 Å². The Morgan fingerprint density at radius 2 is 2.24 bits per heavy atom. The van der Waals surface area contributed by atoms with Crippen LogP contribution in [0.25, 0.3) is 0 Å². The van der Waals surface area contributed by atoms with E-state index in [-0.39, 0.29) is 17.3 Å². The maximum absolute atomic E-state index is 10.3. The van der Waals surface area contributed by atoms with Gasteiger partial charge in [0.1, 0.15) is 5.76 Å². The number of ether oxygens (including phenoxy) is 2. The van der Waals surface area contributed by atoms with E-state index < -0.39 is 0 Å². The molecule has 1 aromatic rings. The monoisotopic (exact) mass is 282 g/mol. The van der Waals surface area contributed by atoms with Crippen LogP contribution in [-0.4, -0.2) is 18.3 Å². The molecule has 1 saturated carbocycles. The lowest BCUT2D eigenvalue weighted by Gasteiger charge is -2.49. The third-order valence-corrected chi connectivity index (χ3v) is 5.82. The SMILES string of the molecule is COC1=CC=C2[C@@H]3CCCC24c2c(ccc(O)c2O[C@@H]14)C3. The zero-order valence-electron chi connectivity index (χ0n) is 12.1. The molecule has 5 rings (SSSR count). The number of phenolic OH excluding ortho intramolecular Hbond substituents is 1. The predicted octanol–water partition coefficient (Wildman–Crippen LogP) is 3.22. The van der Waals surface area contributed by atoms with Gasteiger partial charge >= 0.3 is 0 Å². The fourth-order valence-electron chi connectivity index (χ4n) is 5.08. The van der Waals surface area contributed by atoms with Crippen molar-refractivity contribution in [1.29, 1.82) is 0 Å². The van der Waals surface area contributed by atoms with Gasteiger partial charge in [-0.15, -0.1) is 0 Å². The van der Waals surface area contributed by atoms with Crippen molar-refractivity contribution in [1.82, 2.24) is 0 Å². The molecule has 1 heterocycles. The van der Waals surface area contributed by atoms with Crippen molar-refractivity contribution in [2.24, 2.45) is 5.92 Å². The van der Waals surface area contributed by atoms with Crippen LogP contribution < -0.4 is 4.74 Å². The van der Waals surface area contributed by atoms with Crippen LogP contribution >= 0.6 is 0 Å². The minimum Gasteiger partial charge on any atom is -0.504 e. The molecule has 3 heteroatoms. The van der Waals surface area contributed by atoms with E-state index in [1.807, 2.05) is 0 Å². The van der Waals surface area contributed by atoms with E-state index >= 15 is 0 Å². The van der Waals surface area contributed by atoms with Gasteiger partial charge in [-0.2, -0.15) is 0 Å². The molecule has 3 aliphatic carbocycles. The first-order valence-electron chi connectivity index (χ1n) is 7.74. The molecule has 1 aliphatic heterocycles. The van der Waals surface area contributed by atoms with E-state index in [4.69, 9.17) is 9.47 Å². The third kappa shape index (κ3) is 1.18. The Kier molecular flexibility index (Phi) is 2.04. The molecule has 4 aliphatic rings. The molecular weight excluding hydrogens is 264 g/mol. The number of rotatable bonds is 1. The second-order valence-electron chi connectivity index (χ2n) is 6.61. The van der Waals surface area contributed by atoms with Crippen molar-refractivity contribution in [2.45, 2.75) is 37.2 Å². The summed E-state index contributed by atoms with van der Waals surface area (Å²) >= 11 is 0. The van der Waals surface area contributed by atoms with Crippen molar-refractivity contribution in [2.75, 3.05) is 7.11 Å². The highest BCUT2D eigenvalue weighted by Gasteiger charge is 2.60. The third-order valence-electron chi connectivity index (χ3n) is 5.82. The second kappa shape index (κ2) is 3.65. The molecule has 2 bridgehead atoms. The number of hydrogen-bond donors (Lipinski definition) is 1. The minimum atomic E-state index is -0.104. The summed E-state index contributed by atoms with van der Waals surface area (Å²) in [5.41, 5.74) is 3.99. The highest BCUT2D eigenvalue weighted by molar-refractivity contribution is 5.66. The van der Waals surface area contributed by atoms with Gasteiger partial charge in [0.05, 0.1) is 12.5 Å². The quantitative estimate of drug-likeness (QED) is 0.859. The van der Waals surface area contributed by atoms with Gasteiger partial charge in [-0.1, -0.05) is 24.1 Å². The lowest BCUT2D eigenvalue weighted by atomic mass is 9.53. The molecule has 0 aromatic heterocycles. The molecule has 0 saturated heterocycles. The van der Waals surface area contributed by atoms with Crippen molar-refractivity contribution >= 4 is 0 Å². The van der Waals surface area contributed by atoms with E-state index in [0.717, 1.165) is 18.6 Å². The van der Waals surface area contributed by atoms with Gasteiger partial charge in [-0.25, -0.2) is 0 Å². The Hall–Kier alpha value is -1.90. The Balaban J connectivity index is 1.87. The zero-order chi connectivity index (χ0) is 14.2. The molecule has 1 fully saturated rings. The number of benzene rings is 1. The molecule has 0 amide bonds. The van der Waals surface area contributed by atoms with Crippen molar-refractivity contribution in [3.8, 4) is 11.5 Å². The van der Waals surface area contributed by atoms with E-state index in [1.165, 1.54) is 29.5 Å². The molecule has 1 unspecified atom stereocenters. The number of methoxy groups -OCH3 is 1. The number of allylic oxidation sites excluding steroid dienone is 2. The molecule has 1 aromatic carbocycles.